The number of para-hydroxylation sites is 1. The normalized spacial score (nSPS) is 11.5. The first-order chi connectivity index (χ1) is 28.1. The number of azo groups is 2. The monoisotopic (exact) mass is 1100 g/mol. The van der Waals surface area contributed by atoms with Crippen LogP contribution in [0, 0.1) is 19.9 Å². The zero-order chi connectivity index (χ0) is 46.1. The second-order valence-corrected chi connectivity index (χ2v) is 18.6. The Morgan fingerprint density at radius 2 is 1.20 bits per heavy atom. The number of sulfone groups is 2. The summed E-state index contributed by atoms with van der Waals surface area (Å²) in [5.74, 6) is -2.16. The summed E-state index contributed by atoms with van der Waals surface area (Å²) in [5.41, 5.74) is 0.193. The quantitative estimate of drug-likeness (QED) is 0.0255. The Balaban J connectivity index is -0.00000239. The van der Waals surface area contributed by atoms with Crippen molar-refractivity contribution in [1.29, 1.82) is 0 Å². The first kappa shape index (κ1) is 69.1. The summed E-state index contributed by atoms with van der Waals surface area (Å²) >= 11 is 0. The number of fused-ring (bicyclic) bond motifs is 1. The molecule has 0 aromatic heterocycles. The summed E-state index contributed by atoms with van der Waals surface area (Å²) in [6.45, 7) is 6.71. The second kappa shape index (κ2) is 29.2. The zero-order valence-corrected chi connectivity index (χ0v) is 48.0. The first-order valence-electron chi connectivity index (χ1n) is 15.9. The number of hydrogen-bond acceptors (Lipinski definition) is 21. The third-order valence-corrected chi connectivity index (χ3v) is 11.2. The minimum Gasteiger partial charge on any atom is -0.744 e. The fraction of sp³-hybridized carbons (Fsp3) is 0.0909. The summed E-state index contributed by atoms with van der Waals surface area (Å²) in [7, 11) is -21.6. The van der Waals surface area contributed by atoms with Gasteiger partial charge in [-0.2, -0.15) is 27.5 Å². The molecule has 0 aliphatic rings. The molecule has 0 aliphatic heterocycles. The van der Waals surface area contributed by atoms with Crippen molar-refractivity contribution in [1.82, 2.24) is 0 Å². The number of hydrogen-bond donors (Lipinski definition) is 5. The van der Waals surface area contributed by atoms with Gasteiger partial charge in [-0.05, 0) is 36.4 Å². The molecule has 0 saturated carbocycles. The van der Waals surface area contributed by atoms with Crippen molar-refractivity contribution in [2.75, 3.05) is 23.9 Å². The molecule has 0 spiro atoms. The number of nitrogens with one attached hydrogen (secondary N) is 1. The number of anilines is 2. The van der Waals surface area contributed by atoms with Gasteiger partial charge in [0.1, 0.15) is 37.9 Å². The van der Waals surface area contributed by atoms with Crippen molar-refractivity contribution in [2.45, 2.75) is 14.7 Å². The molecule has 341 valence electrons. The summed E-state index contributed by atoms with van der Waals surface area (Å²) in [4.78, 5) is -1.65. The van der Waals surface area contributed by atoms with Crippen LogP contribution in [0.5, 0.6) is 17.2 Å². The van der Waals surface area contributed by atoms with Gasteiger partial charge in [-0.3, -0.25) is 9.11 Å². The number of ether oxygens (including phenoxy) is 1. The van der Waals surface area contributed by atoms with Crippen LogP contribution in [0.3, 0.4) is 0 Å². The fourth-order valence-electron chi connectivity index (χ4n) is 4.69. The number of methoxy groups -OCH3 is 1. The van der Waals surface area contributed by atoms with E-state index in [1.807, 2.05) is 0 Å². The van der Waals surface area contributed by atoms with Crippen LogP contribution in [0.2, 0.25) is 0 Å². The Morgan fingerprint density at radius 1 is 0.667 bits per heavy atom. The summed E-state index contributed by atoms with van der Waals surface area (Å²) < 4.78 is 157. The van der Waals surface area contributed by atoms with Gasteiger partial charge in [-0.1, -0.05) is 46.5 Å². The molecule has 0 heterocycles. The second-order valence-electron chi connectivity index (χ2n) is 11.4. The van der Waals surface area contributed by atoms with Crippen LogP contribution >= 0.6 is 0 Å². The molecule has 5 aromatic rings. The van der Waals surface area contributed by atoms with Gasteiger partial charge in [0, 0.05) is 46.3 Å². The summed E-state index contributed by atoms with van der Waals surface area (Å²) in [5, 5.41) is 41.4. The van der Waals surface area contributed by atoms with Crippen LogP contribution in [0.1, 0.15) is 0 Å². The van der Waals surface area contributed by atoms with Crippen LogP contribution in [0.15, 0.2) is 114 Å². The van der Waals surface area contributed by atoms with Crippen LogP contribution in [-0.2, 0) is 67.7 Å². The minimum atomic E-state index is -5.22. The van der Waals surface area contributed by atoms with E-state index in [2.05, 4.69) is 45.7 Å². The molecule has 0 saturated heterocycles. The van der Waals surface area contributed by atoms with Crippen LogP contribution in [0.25, 0.3) is 10.8 Å². The molecular formula is C33H29CuN5Na4O18S5-2. The van der Waals surface area contributed by atoms with Crippen molar-refractivity contribution < 1.29 is 215 Å². The van der Waals surface area contributed by atoms with Crippen molar-refractivity contribution in [3.8, 4) is 17.2 Å². The van der Waals surface area contributed by atoms with Gasteiger partial charge in [0.25, 0.3) is 0 Å². The zero-order valence-electron chi connectivity index (χ0n) is 35.0. The number of rotatable bonds is 12. The van der Waals surface area contributed by atoms with Crippen molar-refractivity contribution in [3.63, 3.8) is 0 Å². The molecule has 0 bridgehead atoms. The Hall–Kier alpha value is -1.17. The number of aromatic hydroxyl groups is 2. The molecule has 5 aromatic carbocycles. The maximum Gasteiger partial charge on any atom is 1.00 e. The van der Waals surface area contributed by atoms with E-state index < -0.39 is 89.1 Å². The molecule has 0 aliphatic carbocycles. The number of phenolic OH excluding ortho intramolecular Hbond substituents is 2. The van der Waals surface area contributed by atoms with Crippen LogP contribution in [-0.4, -0.2) is 93.7 Å². The van der Waals surface area contributed by atoms with E-state index in [9.17, 15) is 40.0 Å². The predicted octanol–water partition coefficient (Wildman–Crippen LogP) is -7.22. The van der Waals surface area contributed by atoms with Crippen LogP contribution in [0.4, 0.5) is 34.1 Å². The number of nitrogens with zero attached hydrogens (tertiary/aromatic N) is 4. The topological polar surface area (TPSA) is 392 Å². The Bertz CT molecular complexity index is 3040. The number of benzene rings is 5. The van der Waals surface area contributed by atoms with E-state index in [0.717, 1.165) is 24.3 Å². The Kier molecular flexibility index (Phi) is 30.6. The van der Waals surface area contributed by atoms with Gasteiger partial charge in [0.2, 0.25) is 20.8 Å². The molecule has 0 unspecified atom stereocenters. The smallest absolute Gasteiger partial charge is 0.744 e. The van der Waals surface area contributed by atoms with Gasteiger partial charge in [0.15, 0.2) is 19.7 Å². The first-order valence-corrected chi connectivity index (χ1v) is 23.3. The van der Waals surface area contributed by atoms with E-state index in [1.54, 1.807) is 30.3 Å². The molecule has 23 nitrogen and oxygen atoms in total. The van der Waals surface area contributed by atoms with Gasteiger partial charge in [0.05, 0.1) is 28.3 Å². The average molecular weight is 1100 g/mol. The van der Waals surface area contributed by atoms with E-state index in [-0.39, 0.29) is 174 Å². The molecule has 1 radical (unpaired) electrons. The third kappa shape index (κ3) is 21.4. The van der Waals surface area contributed by atoms with Crippen molar-refractivity contribution in [3.05, 3.63) is 98.8 Å². The summed E-state index contributed by atoms with van der Waals surface area (Å²) in [6, 6.07) is 21.0. The molecule has 66 heavy (non-hydrogen) atoms. The molecule has 33 heteroatoms. The minimum absolute atomic E-state index is 0. The van der Waals surface area contributed by atoms with Gasteiger partial charge < -0.3 is 47.8 Å². The molecular weight excluding hydrogens is 1070 g/mol. The fourth-order valence-corrected chi connectivity index (χ4v) is 7.17. The van der Waals surface area contributed by atoms with E-state index in [1.165, 1.54) is 25.3 Å². The molecule has 5 rings (SSSR count). The maximum absolute atomic E-state index is 12.4. The molecule has 0 fully saturated rings. The largest absolute Gasteiger partial charge is 1.00 e. The molecule has 0 amide bonds. The van der Waals surface area contributed by atoms with Gasteiger partial charge >= 0.3 is 118 Å². The van der Waals surface area contributed by atoms with E-state index in [4.69, 9.17) is 39.8 Å². The summed E-state index contributed by atoms with van der Waals surface area (Å²) in [6.07, 6.45) is 0. The van der Waals surface area contributed by atoms with E-state index >= 15 is 0 Å². The van der Waals surface area contributed by atoms with Crippen molar-refractivity contribution >= 4 is 95.5 Å². The number of phenols is 2. The maximum atomic E-state index is 12.4. The third-order valence-electron chi connectivity index (χ3n) is 7.31. The SMILES string of the molecule is O=S(=O)([O-])O.O=S(=O)([O-])O.[CH2-]CS(=O)(=O)c1ccc(N=Nc2c(Nc3ccccc3)ccc3c(O)c(N=Nc4cc(OC)c(S(=O)(=O)C[CH2-])cc4O)[c-]cc23)c(S(=O)(=O)[O-])c1.[Cu].[Na+].[Na+].[Na+].[Na+]. The molecule has 0 atom stereocenters. The van der Waals surface area contributed by atoms with Crippen LogP contribution < -0.4 is 128 Å². The van der Waals surface area contributed by atoms with E-state index in [0.29, 0.717) is 17.4 Å². The standard InChI is InChI=1S/C33H28N5O10S3.Cu.4Na.2H2O4S/c1-4-49(41,42)21-11-14-24(30(17-21)51(45,46)47)35-38-32-22-12-16-26(33(40)23(22)13-15-25(32)34-20-9-7-6-8-10-20)36-37-27-18-29(48-3)31(19-28(27)39)50(43,44)5-2;;;;;;2*1-5(2,3)4/h6-15,17-19,34,39-40H,1-2,4-5H2,3H3,(H,45,46,47);;;;;;2*(H2,1,2,3,4)/q-3;;4*+1;;/p-3. The van der Waals surface area contributed by atoms with Gasteiger partial charge in [-0.15, -0.1) is 5.11 Å². The van der Waals surface area contributed by atoms with Crippen molar-refractivity contribution in [2.24, 2.45) is 20.5 Å². The Morgan fingerprint density at radius 3 is 1.70 bits per heavy atom. The molecule has 5 N–H and O–H groups in total. The predicted molar refractivity (Wildman–Crippen MR) is 211 cm³/mol. The Labute approximate surface area is 479 Å². The average Bonchev–Trinajstić information content (AvgIpc) is 3.16. The van der Waals surface area contributed by atoms with Gasteiger partial charge in [-0.25, -0.2) is 42.1 Å².